The molecule has 0 bridgehead atoms. The molecule has 1 saturated heterocycles. The predicted octanol–water partition coefficient (Wildman–Crippen LogP) is 0.869. The van der Waals surface area contributed by atoms with Crippen LogP contribution in [0, 0.1) is 5.92 Å². The number of β-lactam (4-membered cyclic amide) rings is 1. The van der Waals surface area contributed by atoms with Crippen LogP contribution in [0.4, 0.5) is 0 Å². The van der Waals surface area contributed by atoms with Gasteiger partial charge in [0.15, 0.2) is 0 Å². The molecule has 4 rings (SSSR count). The minimum absolute atomic E-state index is 0.110. The highest BCUT2D eigenvalue weighted by Crippen LogP contribution is 2.48. The minimum Gasteiger partial charge on any atom is -0.456 e. The van der Waals surface area contributed by atoms with Gasteiger partial charge in [-0.15, -0.1) is 5.10 Å². The Labute approximate surface area is 165 Å². The largest absolute Gasteiger partial charge is 0.456 e. The fraction of sp³-hybridized carbons (Fsp3) is 0.389. The SMILES string of the molecule is CC(O)C1C(=O)N2C(C(=O)OCc3ccccc3)=C(Sc3nnnn3C)CC12. The van der Waals surface area contributed by atoms with E-state index in [0.717, 1.165) is 5.56 Å². The number of benzene rings is 1. The number of carbonyl (C=O) groups excluding carboxylic acids is 2. The number of nitrogens with zero attached hydrogens (tertiary/aromatic N) is 5. The zero-order chi connectivity index (χ0) is 19.8. The second-order valence-electron chi connectivity index (χ2n) is 6.77. The molecule has 146 valence electrons. The van der Waals surface area contributed by atoms with Crippen LogP contribution >= 0.6 is 11.8 Å². The van der Waals surface area contributed by atoms with Crippen LogP contribution in [0.3, 0.4) is 0 Å². The molecule has 0 spiro atoms. The number of esters is 1. The summed E-state index contributed by atoms with van der Waals surface area (Å²) in [7, 11) is 1.70. The summed E-state index contributed by atoms with van der Waals surface area (Å²) in [6.45, 7) is 1.70. The topological polar surface area (TPSA) is 110 Å². The van der Waals surface area contributed by atoms with Crippen LogP contribution in [0.5, 0.6) is 0 Å². The number of ether oxygens (including phenoxy) is 1. The van der Waals surface area contributed by atoms with E-state index in [-0.39, 0.29) is 24.3 Å². The lowest BCUT2D eigenvalue weighted by atomic mass is 9.83. The van der Waals surface area contributed by atoms with Crippen molar-refractivity contribution in [3.05, 3.63) is 46.5 Å². The molecule has 28 heavy (non-hydrogen) atoms. The number of carbonyl (C=O) groups is 2. The van der Waals surface area contributed by atoms with Gasteiger partial charge < -0.3 is 14.7 Å². The summed E-state index contributed by atoms with van der Waals surface area (Å²) < 4.78 is 6.96. The number of aliphatic hydroxyl groups is 1. The average Bonchev–Trinajstić information content (AvgIpc) is 3.22. The smallest absolute Gasteiger partial charge is 0.356 e. The Bertz CT molecular complexity index is 942. The predicted molar refractivity (Wildman–Crippen MR) is 98.3 cm³/mol. The van der Waals surface area contributed by atoms with Crippen LogP contribution in [0.1, 0.15) is 18.9 Å². The molecular weight excluding hydrogens is 382 g/mol. The molecule has 1 aromatic heterocycles. The number of fused-ring (bicyclic) bond motifs is 1. The molecule has 3 heterocycles. The number of tetrazole rings is 1. The molecule has 1 aromatic carbocycles. The highest BCUT2D eigenvalue weighted by atomic mass is 32.2. The van der Waals surface area contributed by atoms with Crippen LogP contribution in [0.25, 0.3) is 0 Å². The molecule has 0 saturated carbocycles. The van der Waals surface area contributed by atoms with Crippen molar-refractivity contribution in [2.75, 3.05) is 0 Å². The summed E-state index contributed by atoms with van der Waals surface area (Å²) in [6.07, 6.45) is -0.328. The van der Waals surface area contributed by atoms with Crippen molar-refractivity contribution in [1.29, 1.82) is 0 Å². The lowest BCUT2D eigenvalue weighted by Gasteiger charge is -2.44. The third kappa shape index (κ3) is 3.18. The molecule has 10 heteroatoms. The second-order valence-corrected chi connectivity index (χ2v) is 7.83. The first-order chi connectivity index (χ1) is 13.5. The first kappa shape index (κ1) is 18.6. The number of rotatable bonds is 6. The quantitative estimate of drug-likeness (QED) is 0.561. The Morgan fingerprint density at radius 3 is 2.79 bits per heavy atom. The van der Waals surface area contributed by atoms with Crippen molar-refractivity contribution < 1.29 is 19.4 Å². The van der Waals surface area contributed by atoms with E-state index < -0.39 is 18.0 Å². The van der Waals surface area contributed by atoms with Gasteiger partial charge >= 0.3 is 5.97 Å². The summed E-state index contributed by atoms with van der Waals surface area (Å²) in [5, 5.41) is 21.8. The summed E-state index contributed by atoms with van der Waals surface area (Å²) in [6, 6.07) is 9.07. The van der Waals surface area contributed by atoms with E-state index in [9.17, 15) is 14.7 Å². The van der Waals surface area contributed by atoms with Gasteiger partial charge in [0.1, 0.15) is 12.3 Å². The van der Waals surface area contributed by atoms with Crippen molar-refractivity contribution in [3.63, 3.8) is 0 Å². The van der Waals surface area contributed by atoms with E-state index in [2.05, 4.69) is 15.5 Å². The van der Waals surface area contributed by atoms with Gasteiger partial charge in [0.2, 0.25) is 11.1 Å². The van der Waals surface area contributed by atoms with Gasteiger partial charge in [0.05, 0.1) is 18.1 Å². The van der Waals surface area contributed by atoms with Gasteiger partial charge in [-0.1, -0.05) is 42.1 Å². The van der Waals surface area contributed by atoms with Gasteiger partial charge in [-0.3, -0.25) is 4.79 Å². The molecule has 0 radical (unpaired) electrons. The van der Waals surface area contributed by atoms with Gasteiger partial charge in [0.25, 0.3) is 0 Å². The molecule has 1 amide bonds. The molecule has 2 aliphatic heterocycles. The summed E-state index contributed by atoms with van der Waals surface area (Å²) in [5.41, 5.74) is 1.07. The van der Waals surface area contributed by atoms with Crippen LogP contribution in [0.15, 0.2) is 46.1 Å². The van der Waals surface area contributed by atoms with Gasteiger partial charge in [-0.05, 0) is 22.9 Å². The van der Waals surface area contributed by atoms with Crippen LogP contribution in [-0.4, -0.2) is 54.2 Å². The maximum absolute atomic E-state index is 12.8. The fourth-order valence-electron chi connectivity index (χ4n) is 3.52. The van der Waals surface area contributed by atoms with Crippen molar-refractivity contribution in [3.8, 4) is 0 Å². The maximum atomic E-state index is 12.8. The van der Waals surface area contributed by atoms with Crippen molar-refractivity contribution in [2.45, 2.75) is 37.3 Å². The Hall–Kier alpha value is -2.72. The Morgan fingerprint density at radius 1 is 1.39 bits per heavy atom. The van der Waals surface area contributed by atoms with Gasteiger partial charge in [-0.25, -0.2) is 9.48 Å². The first-order valence-corrected chi connectivity index (χ1v) is 9.64. The zero-order valence-corrected chi connectivity index (χ0v) is 16.2. The monoisotopic (exact) mass is 401 g/mol. The highest BCUT2D eigenvalue weighted by molar-refractivity contribution is 8.03. The Balaban J connectivity index is 1.58. The normalized spacial score (nSPS) is 22.1. The number of amides is 1. The molecule has 9 nitrogen and oxygen atoms in total. The lowest BCUT2D eigenvalue weighted by molar-refractivity contribution is -0.162. The van der Waals surface area contributed by atoms with Crippen molar-refractivity contribution in [2.24, 2.45) is 13.0 Å². The van der Waals surface area contributed by atoms with Crippen LogP contribution in [-0.2, 0) is 28.0 Å². The van der Waals surface area contributed by atoms with Crippen molar-refractivity contribution in [1.82, 2.24) is 25.1 Å². The first-order valence-electron chi connectivity index (χ1n) is 8.83. The number of aliphatic hydroxyl groups excluding tert-OH is 1. The molecule has 1 fully saturated rings. The van der Waals surface area contributed by atoms with E-state index in [1.807, 2.05) is 30.3 Å². The molecule has 3 unspecified atom stereocenters. The third-order valence-electron chi connectivity index (χ3n) is 4.89. The summed E-state index contributed by atoms with van der Waals surface area (Å²) in [5.74, 6) is -1.35. The fourth-order valence-corrected chi connectivity index (χ4v) is 4.52. The second kappa shape index (κ2) is 7.36. The number of hydrogen-bond acceptors (Lipinski definition) is 8. The van der Waals surface area contributed by atoms with E-state index in [0.29, 0.717) is 16.5 Å². The molecule has 1 N–H and O–H groups in total. The average molecular weight is 401 g/mol. The number of aromatic nitrogens is 4. The molecule has 0 aliphatic carbocycles. The van der Waals surface area contributed by atoms with E-state index in [1.165, 1.54) is 21.3 Å². The van der Waals surface area contributed by atoms with Crippen molar-refractivity contribution >= 4 is 23.6 Å². The molecule has 2 aromatic rings. The minimum atomic E-state index is -0.781. The number of hydrogen-bond donors (Lipinski definition) is 1. The zero-order valence-electron chi connectivity index (χ0n) is 15.3. The van der Waals surface area contributed by atoms with Gasteiger partial charge in [0, 0.05) is 18.4 Å². The van der Waals surface area contributed by atoms with Gasteiger partial charge in [-0.2, -0.15) is 0 Å². The molecule has 2 aliphatic rings. The summed E-state index contributed by atoms with van der Waals surface area (Å²) >= 11 is 1.24. The lowest BCUT2D eigenvalue weighted by Crippen LogP contribution is -2.61. The Kier molecular flexibility index (Phi) is 4.90. The maximum Gasteiger partial charge on any atom is 0.356 e. The standard InChI is InChI=1S/C18H19N5O4S/c1-10(24)14-12-8-13(28-18-19-20-21-22(18)2)15(23(12)16(14)25)17(26)27-9-11-6-4-3-5-7-11/h3-7,10,12,14,24H,8-9H2,1-2H3. The van der Waals surface area contributed by atoms with Crippen LogP contribution in [0.2, 0.25) is 0 Å². The molecular formula is C18H19N5O4S. The van der Waals surface area contributed by atoms with E-state index in [4.69, 9.17) is 4.74 Å². The van der Waals surface area contributed by atoms with E-state index >= 15 is 0 Å². The number of aryl methyl sites for hydroxylation is 1. The molecule has 3 atom stereocenters. The highest BCUT2D eigenvalue weighted by Gasteiger charge is 2.57. The van der Waals surface area contributed by atoms with E-state index in [1.54, 1.807) is 14.0 Å². The van der Waals surface area contributed by atoms with Crippen LogP contribution < -0.4 is 0 Å². The summed E-state index contributed by atoms with van der Waals surface area (Å²) in [4.78, 5) is 27.5. The Morgan fingerprint density at radius 2 is 2.14 bits per heavy atom. The third-order valence-corrected chi connectivity index (χ3v) is 6.02. The number of thioether (sulfide) groups is 1.